The van der Waals surface area contributed by atoms with E-state index in [4.69, 9.17) is 24.9 Å². The Morgan fingerprint density at radius 3 is 1.81 bits per heavy atom. The van der Waals surface area contributed by atoms with Crippen LogP contribution in [0.15, 0.2) is 152 Å². The van der Waals surface area contributed by atoms with Gasteiger partial charge in [-0.05, 0) is 46.8 Å². The molecule has 0 unspecified atom stereocenters. The summed E-state index contributed by atoms with van der Waals surface area (Å²) in [5.41, 5.74) is 6.70. The predicted octanol–water partition coefficient (Wildman–Crippen LogP) is 10.5. The summed E-state index contributed by atoms with van der Waals surface area (Å²) in [4.78, 5) is 25.7. The molecule has 47 heavy (non-hydrogen) atoms. The normalized spacial score (nSPS) is 11.4. The fourth-order valence-corrected chi connectivity index (χ4v) is 7.15. The van der Waals surface area contributed by atoms with Crippen molar-refractivity contribution in [2.45, 2.75) is 0 Å². The second kappa shape index (κ2) is 11.4. The molecule has 9 rings (SSSR count). The zero-order chi connectivity index (χ0) is 31.2. The lowest BCUT2D eigenvalue weighted by atomic mass is 9.97. The molecule has 0 aliphatic carbocycles. The molecule has 5 aromatic carbocycles. The molecular weight excluding hydrogens is 595 g/mol. The Bertz CT molecular complexity index is 2520. The molecule has 0 bridgehead atoms. The summed E-state index contributed by atoms with van der Waals surface area (Å²) >= 11 is 1.72. The number of rotatable bonds is 5. The lowest BCUT2D eigenvalue weighted by Crippen LogP contribution is -2.00. The SMILES string of the molecule is c1ccc(-c2nc(-c3ccccc3)nc(-c3cccc(-c4cccc5cnc(-c6ccc7c(n6)sc6ccccc67)cc45)c3)n2)cc1. The number of pyridine rings is 2. The van der Waals surface area contributed by atoms with E-state index in [1.54, 1.807) is 11.3 Å². The summed E-state index contributed by atoms with van der Waals surface area (Å²) in [5, 5.41) is 4.60. The third-order valence-corrected chi connectivity index (χ3v) is 9.48. The van der Waals surface area contributed by atoms with Crippen molar-refractivity contribution in [1.82, 2.24) is 24.9 Å². The van der Waals surface area contributed by atoms with Crippen LogP contribution in [0.25, 0.3) is 87.8 Å². The van der Waals surface area contributed by atoms with Gasteiger partial charge in [0.1, 0.15) is 4.83 Å². The van der Waals surface area contributed by atoms with Crippen LogP contribution in [0, 0.1) is 0 Å². The molecule has 220 valence electrons. The molecule has 0 saturated heterocycles. The zero-order valence-corrected chi connectivity index (χ0v) is 25.9. The molecule has 9 aromatic rings. The zero-order valence-electron chi connectivity index (χ0n) is 25.1. The van der Waals surface area contributed by atoms with Gasteiger partial charge in [-0.15, -0.1) is 11.3 Å². The van der Waals surface area contributed by atoms with E-state index in [1.807, 2.05) is 66.9 Å². The maximum absolute atomic E-state index is 5.05. The molecule has 0 N–H and O–H groups in total. The molecule has 0 aliphatic rings. The van der Waals surface area contributed by atoms with Gasteiger partial charge in [0, 0.05) is 43.7 Å². The minimum atomic E-state index is 0.628. The highest BCUT2D eigenvalue weighted by atomic mass is 32.1. The van der Waals surface area contributed by atoms with E-state index in [-0.39, 0.29) is 0 Å². The largest absolute Gasteiger partial charge is 0.254 e. The van der Waals surface area contributed by atoms with Gasteiger partial charge >= 0.3 is 0 Å². The van der Waals surface area contributed by atoms with E-state index in [0.717, 1.165) is 54.8 Å². The van der Waals surface area contributed by atoms with Crippen molar-refractivity contribution in [3.63, 3.8) is 0 Å². The third-order valence-electron chi connectivity index (χ3n) is 8.40. The molecule has 4 heterocycles. The molecular formula is C41H25N5S. The molecule has 0 atom stereocenters. The minimum absolute atomic E-state index is 0.628. The highest BCUT2D eigenvalue weighted by Gasteiger charge is 2.15. The number of nitrogens with zero attached hydrogens (tertiary/aromatic N) is 5. The standard InChI is InChI=1S/C41H25N5S/c1-3-11-26(12-4-1)38-44-39(27-13-5-2-6-14-27)46-40(45-38)29-16-9-15-28(23-29)31-19-10-17-30-25-42-36(24-34(30)31)35-22-21-33-32-18-7-8-20-37(32)47-41(33)43-35/h1-25H. The highest BCUT2D eigenvalue weighted by Crippen LogP contribution is 2.36. The lowest BCUT2D eigenvalue weighted by molar-refractivity contribution is 1.07. The van der Waals surface area contributed by atoms with E-state index in [0.29, 0.717) is 17.5 Å². The van der Waals surface area contributed by atoms with Gasteiger partial charge < -0.3 is 0 Å². The Morgan fingerprint density at radius 1 is 0.404 bits per heavy atom. The molecule has 4 aromatic heterocycles. The molecule has 6 heteroatoms. The Hall–Kier alpha value is -6.11. The monoisotopic (exact) mass is 619 g/mol. The molecule has 5 nitrogen and oxygen atoms in total. The van der Waals surface area contributed by atoms with Crippen LogP contribution >= 0.6 is 11.3 Å². The first-order valence-electron chi connectivity index (χ1n) is 15.4. The highest BCUT2D eigenvalue weighted by molar-refractivity contribution is 7.25. The maximum atomic E-state index is 5.05. The van der Waals surface area contributed by atoms with Gasteiger partial charge in [0.2, 0.25) is 0 Å². The number of hydrogen-bond donors (Lipinski definition) is 0. The molecule has 0 fully saturated rings. The Morgan fingerprint density at radius 2 is 1.04 bits per heavy atom. The Kier molecular flexibility index (Phi) is 6.58. The minimum Gasteiger partial charge on any atom is -0.254 e. The van der Waals surface area contributed by atoms with Crippen molar-refractivity contribution in [3.05, 3.63) is 152 Å². The van der Waals surface area contributed by atoms with Crippen molar-refractivity contribution in [3.8, 4) is 56.7 Å². The number of benzene rings is 5. The van der Waals surface area contributed by atoms with Crippen molar-refractivity contribution in [2.24, 2.45) is 0 Å². The van der Waals surface area contributed by atoms with Crippen molar-refractivity contribution >= 4 is 42.4 Å². The third kappa shape index (κ3) is 5.01. The van der Waals surface area contributed by atoms with E-state index < -0.39 is 0 Å². The number of hydrogen-bond acceptors (Lipinski definition) is 6. The van der Waals surface area contributed by atoms with Crippen LogP contribution in [0.4, 0.5) is 0 Å². The van der Waals surface area contributed by atoms with Crippen molar-refractivity contribution in [2.75, 3.05) is 0 Å². The smallest absolute Gasteiger partial charge is 0.164 e. The van der Waals surface area contributed by atoms with Gasteiger partial charge in [0.05, 0.1) is 11.4 Å². The van der Waals surface area contributed by atoms with E-state index >= 15 is 0 Å². The summed E-state index contributed by atoms with van der Waals surface area (Å²) in [6.45, 7) is 0. The summed E-state index contributed by atoms with van der Waals surface area (Å²) < 4.78 is 1.24. The molecule has 0 amide bonds. The summed E-state index contributed by atoms with van der Waals surface area (Å²) in [7, 11) is 0. The summed E-state index contributed by atoms with van der Waals surface area (Å²) in [5.74, 6) is 1.91. The molecule has 0 aliphatic heterocycles. The fraction of sp³-hybridized carbons (Fsp3) is 0. The number of thiophene rings is 1. The van der Waals surface area contributed by atoms with Crippen LogP contribution in [0.1, 0.15) is 0 Å². The molecule has 0 saturated carbocycles. The van der Waals surface area contributed by atoms with E-state index in [9.17, 15) is 0 Å². The number of aromatic nitrogens is 5. The van der Waals surface area contributed by atoms with Crippen LogP contribution in [0.3, 0.4) is 0 Å². The second-order valence-corrected chi connectivity index (χ2v) is 12.4. The van der Waals surface area contributed by atoms with E-state index in [1.165, 1.54) is 15.5 Å². The molecule has 0 radical (unpaired) electrons. The maximum Gasteiger partial charge on any atom is 0.164 e. The predicted molar refractivity (Wildman–Crippen MR) is 193 cm³/mol. The molecule has 0 spiro atoms. The van der Waals surface area contributed by atoms with Gasteiger partial charge in [-0.3, -0.25) is 4.98 Å². The van der Waals surface area contributed by atoms with Crippen LogP contribution in [0.5, 0.6) is 0 Å². The first kappa shape index (κ1) is 27.2. The van der Waals surface area contributed by atoms with Gasteiger partial charge in [-0.2, -0.15) is 0 Å². The first-order chi connectivity index (χ1) is 23.3. The average Bonchev–Trinajstić information content (AvgIpc) is 3.53. The quantitative estimate of drug-likeness (QED) is 0.192. The topological polar surface area (TPSA) is 64.5 Å². The van der Waals surface area contributed by atoms with Crippen LogP contribution in [-0.4, -0.2) is 24.9 Å². The van der Waals surface area contributed by atoms with Crippen LogP contribution in [0.2, 0.25) is 0 Å². The van der Waals surface area contributed by atoms with Crippen molar-refractivity contribution < 1.29 is 0 Å². The Balaban J connectivity index is 1.15. The van der Waals surface area contributed by atoms with Crippen LogP contribution < -0.4 is 0 Å². The Labute approximate surface area is 275 Å². The van der Waals surface area contributed by atoms with Gasteiger partial charge in [-0.1, -0.05) is 115 Å². The van der Waals surface area contributed by atoms with Gasteiger partial charge in [0.25, 0.3) is 0 Å². The van der Waals surface area contributed by atoms with Gasteiger partial charge in [0.15, 0.2) is 17.5 Å². The van der Waals surface area contributed by atoms with Crippen LogP contribution in [-0.2, 0) is 0 Å². The first-order valence-corrected chi connectivity index (χ1v) is 16.2. The fourth-order valence-electron chi connectivity index (χ4n) is 6.07. The van der Waals surface area contributed by atoms with Gasteiger partial charge in [-0.25, -0.2) is 19.9 Å². The van der Waals surface area contributed by atoms with Crippen molar-refractivity contribution in [1.29, 1.82) is 0 Å². The summed E-state index contributed by atoms with van der Waals surface area (Å²) in [6, 6.07) is 49.7. The van der Waals surface area contributed by atoms with E-state index in [2.05, 4.69) is 84.9 Å². The number of fused-ring (bicyclic) bond motifs is 4. The second-order valence-electron chi connectivity index (χ2n) is 11.4. The lowest BCUT2D eigenvalue weighted by Gasteiger charge is -2.11. The average molecular weight is 620 g/mol. The summed E-state index contributed by atoms with van der Waals surface area (Å²) in [6.07, 6.45) is 1.94.